The first kappa shape index (κ1) is 26.5. The molecule has 0 atom stereocenters. The third-order valence-electron chi connectivity index (χ3n) is 7.32. The van der Waals surface area contributed by atoms with Gasteiger partial charge in [-0.15, -0.1) is 0 Å². The first-order valence-corrected chi connectivity index (χ1v) is 19.6. The van der Waals surface area contributed by atoms with E-state index in [1.165, 1.54) is 28.4 Å². The van der Waals surface area contributed by atoms with Crippen LogP contribution >= 0.6 is 0 Å². The van der Waals surface area contributed by atoms with Crippen LogP contribution in [0.1, 0.15) is 91.7 Å². The minimum atomic E-state index is -1.61. The molecule has 2 rings (SSSR count). The van der Waals surface area contributed by atoms with Gasteiger partial charge in [0.2, 0.25) is 0 Å². The van der Waals surface area contributed by atoms with Crippen LogP contribution < -0.4 is 9.20 Å². The van der Waals surface area contributed by atoms with Crippen molar-refractivity contribution < 1.29 is 9.16 Å². The summed E-state index contributed by atoms with van der Waals surface area (Å²) in [7, 11) is -1.61. The normalized spacial score (nSPS) is 18.2. The zero-order valence-electron chi connectivity index (χ0n) is 20.7. The average molecular weight is 562 g/mol. The van der Waals surface area contributed by atoms with E-state index in [4.69, 9.17) is 9.16 Å². The van der Waals surface area contributed by atoms with E-state index in [1.54, 1.807) is 0 Å². The second kappa shape index (κ2) is 10.0. The summed E-state index contributed by atoms with van der Waals surface area (Å²) >= 11 is 3.59. The number of unbranched alkanes of at least 4 members (excludes halogenated alkanes) is 2. The van der Waals surface area contributed by atoms with Gasteiger partial charge in [-0.1, -0.05) is 0 Å². The molecule has 5 heteroatoms. The number of benzene rings is 1. The van der Waals surface area contributed by atoms with E-state index in [1.807, 2.05) is 0 Å². The van der Waals surface area contributed by atoms with Crippen LogP contribution in [0.15, 0.2) is 12.1 Å². The van der Waals surface area contributed by atoms with Crippen molar-refractivity contribution in [1.82, 2.24) is 0 Å². The number of hydrogen-bond acceptors (Lipinski definition) is 2. The third-order valence-corrected chi connectivity index (χ3v) is 14.9. The van der Waals surface area contributed by atoms with E-state index in [2.05, 4.69) is 87.9 Å². The quantitative estimate of drug-likeness (QED) is 0.271. The molecule has 0 heterocycles. The maximum absolute atomic E-state index is 6.32. The van der Waals surface area contributed by atoms with E-state index >= 15 is 0 Å². The van der Waals surface area contributed by atoms with Gasteiger partial charge in [-0.2, -0.15) is 0 Å². The fraction of sp³-hybridized carbons (Fsp3) is 0.760. The Labute approximate surface area is 200 Å². The molecular formula is C25H43O2Se2Si. The molecule has 0 aromatic heterocycles. The van der Waals surface area contributed by atoms with E-state index in [0.29, 0.717) is 18.2 Å². The van der Waals surface area contributed by atoms with Crippen molar-refractivity contribution >= 4 is 40.1 Å². The topological polar surface area (TPSA) is 18.5 Å². The van der Waals surface area contributed by atoms with Gasteiger partial charge in [0.1, 0.15) is 0 Å². The summed E-state index contributed by atoms with van der Waals surface area (Å²) in [6.07, 6.45) is 5.87. The maximum atomic E-state index is 6.32. The fourth-order valence-electron chi connectivity index (χ4n) is 3.86. The van der Waals surface area contributed by atoms with Crippen LogP contribution in [0.25, 0.3) is 0 Å². The predicted octanol–water partition coefficient (Wildman–Crippen LogP) is 6.02. The molecule has 1 aromatic rings. The van der Waals surface area contributed by atoms with Crippen LogP contribution in [0.3, 0.4) is 0 Å². The summed E-state index contributed by atoms with van der Waals surface area (Å²) in [6, 6.07) is 4.81. The van der Waals surface area contributed by atoms with Crippen molar-refractivity contribution in [2.45, 2.75) is 110 Å². The molecule has 2 nitrogen and oxygen atoms in total. The van der Waals surface area contributed by atoms with E-state index in [9.17, 15) is 0 Å². The van der Waals surface area contributed by atoms with E-state index in [-0.39, 0.29) is 10.8 Å². The van der Waals surface area contributed by atoms with Crippen molar-refractivity contribution in [2.24, 2.45) is 0 Å². The molecule has 1 aromatic carbocycles. The van der Waals surface area contributed by atoms with Gasteiger partial charge in [0, 0.05) is 0 Å². The SMILES string of the molecule is CC1(C)CCC(C)(C)c2cc([Se][Se])c(OCCCCCO[Si](C)(C)C(C)(C)C)cc21. The Morgan fingerprint density at radius 3 is 2.00 bits per heavy atom. The molecule has 0 saturated heterocycles. The molecule has 1 aliphatic rings. The van der Waals surface area contributed by atoms with E-state index < -0.39 is 8.32 Å². The molecule has 0 spiro atoms. The molecule has 0 saturated carbocycles. The Balaban J connectivity index is 1.92. The molecule has 30 heavy (non-hydrogen) atoms. The molecular weight excluding hydrogens is 518 g/mol. The predicted molar refractivity (Wildman–Crippen MR) is 135 cm³/mol. The van der Waals surface area contributed by atoms with Crippen LogP contribution in [0.5, 0.6) is 5.75 Å². The second-order valence-corrected chi connectivity index (χ2v) is 19.6. The Morgan fingerprint density at radius 2 is 1.47 bits per heavy atom. The van der Waals surface area contributed by atoms with Crippen LogP contribution in [-0.2, 0) is 15.3 Å². The second-order valence-electron chi connectivity index (χ2n) is 11.7. The van der Waals surface area contributed by atoms with Gasteiger partial charge >= 0.3 is 201 Å². The monoisotopic (exact) mass is 563 g/mol. The van der Waals surface area contributed by atoms with Crippen molar-refractivity contribution in [2.75, 3.05) is 13.2 Å². The number of ether oxygens (including phenoxy) is 1. The van der Waals surface area contributed by atoms with Crippen molar-refractivity contribution in [3.8, 4) is 5.75 Å². The van der Waals surface area contributed by atoms with Gasteiger partial charge in [0.05, 0.1) is 0 Å². The summed E-state index contributed by atoms with van der Waals surface area (Å²) < 4.78 is 14.0. The van der Waals surface area contributed by atoms with Gasteiger partial charge in [0.25, 0.3) is 0 Å². The molecule has 0 N–H and O–H groups in total. The van der Waals surface area contributed by atoms with Crippen LogP contribution in [0.2, 0.25) is 18.1 Å². The number of rotatable bonds is 9. The number of fused-ring (bicyclic) bond motifs is 1. The van der Waals surface area contributed by atoms with Gasteiger partial charge in [-0.05, 0) is 0 Å². The molecule has 1 radical (unpaired) electrons. The van der Waals surface area contributed by atoms with Gasteiger partial charge in [-0.3, -0.25) is 0 Å². The van der Waals surface area contributed by atoms with Crippen molar-refractivity contribution in [3.05, 3.63) is 23.3 Å². The summed E-state index contributed by atoms with van der Waals surface area (Å²) in [4.78, 5) is 0. The van der Waals surface area contributed by atoms with Crippen molar-refractivity contribution in [1.29, 1.82) is 0 Å². The molecule has 1 aliphatic carbocycles. The van der Waals surface area contributed by atoms with Crippen LogP contribution in [0.4, 0.5) is 0 Å². The Kier molecular flexibility index (Phi) is 8.85. The molecule has 0 fully saturated rings. The average Bonchev–Trinajstić information content (AvgIpc) is 2.63. The summed E-state index contributed by atoms with van der Waals surface area (Å²) in [5, 5.41) is 0.292. The molecule has 0 bridgehead atoms. The first-order chi connectivity index (χ1) is 13.7. The summed E-state index contributed by atoms with van der Waals surface area (Å²) in [5.74, 6) is 1.11. The summed E-state index contributed by atoms with van der Waals surface area (Å²) in [6.45, 7) is 22.8. The van der Waals surface area contributed by atoms with Crippen LogP contribution in [0, 0.1) is 0 Å². The number of hydrogen-bond donors (Lipinski definition) is 0. The third kappa shape index (κ3) is 6.39. The van der Waals surface area contributed by atoms with Gasteiger partial charge in [-0.25, -0.2) is 0 Å². The van der Waals surface area contributed by atoms with E-state index in [0.717, 1.165) is 38.2 Å². The Hall–Kier alpha value is 0.236. The summed E-state index contributed by atoms with van der Waals surface area (Å²) in [5.41, 5.74) is 3.51. The molecule has 171 valence electrons. The standard InChI is InChI=1S/C25H43O2Se2Si/c1-23(2,3)30(8,9)27-16-12-10-11-15-26-21-17-19-20(18-22(21)29-28)25(6,7)14-13-24(19,4)5/h17-18H,10-16H2,1-9H3. The van der Waals surface area contributed by atoms with Crippen molar-refractivity contribution in [3.63, 3.8) is 0 Å². The Morgan fingerprint density at radius 1 is 0.933 bits per heavy atom. The zero-order chi connectivity index (χ0) is 22.8. The molecule has 0 unspecified atom stereocenters. The van der Waals surface area contributed by atoms with Gasteiger partial charge < -0.3 is 0 Å². The minimum absolute atomic E-state index is 0.229. The molecule has 0 aliphatic heterocycles. The van der Waals surface area contributed by atoms with Crippen LogP contribution in [-0.4, -0.2) is 48.8 Å². The van der Waals surface area contributed by atoms with Gasteiger partial charge in [0.15, 0.2) is 0 Å². The first-order valence-electron chi connectivity index (χ1n) is 11.5. The molecule has 0 amide bonds. The Bertz CT molecular complexity index is 721. The fourth-order valence-corrected chi connectivity index (χ4v) is 7.13. The zero-order valence-corrected chi connectivity index (χ0v) is 25.2.